The zero-order valence-electron chi connectivity index (χ0n) is 11.1. The molecule has 0 spiro atoms. The average Bonchev–Trinajstić information content (AvgIpc) is 2.29. The Morgan fingerprint density at radius 1 is 1.33 bits per heavy atom. The van der Waals surface area contributed by atoms with E-state index in [2.05, 4.69) is 0 Å². The van der Waals surface area contributed by atoms with Crippen LogP contribution in [0.2, 0.25) is 0 Å². The van der Waals surface area contributed by atoms with Gasteiger partial charge in [-0.25, -0.2) is 4.21 Å². The van der Waals surface area contributed by atoms with Crippen molar-refractivity contribution in [2.24, 2.45) is 0 Å². The Labute approximate surface area is 110 Å². The van der Waals surface area contributed by atoms with Crippen LogP contribution in [0.15, 0.2) is 40.1 Å². The van der Waals surface area contributed by atoms with E-state index in [1.807, 2.05) is 31.2 Å². The van der Waals surface area contributed by atoms with Gasteiger partial charge in [0.1, 0.15) is 6.10 Å². The Balaban J connectivity index is 2.93. The lowest BCUT2D eigenvalue weighted by molar-refractivity contribution is -0.143. The molecule has 0 N–H and O–H groups in total. The van der Waals surface area contributed by atoms with E-state index in [-0.39, 0.29) is 5.97 Å². The van der Waals surface area contributed by atoms with Crippen molar-refractivity contribution in [1.29, 1.82) is 0 Å². The normalized spacial score (nSPS) is 15.0. The molecule has 0 aliphatic rings. The molecule has 98 valence electrons. The lowest BCUT2D eigenvalue weighted by Crippen LogP contribution is -2.18. The number of ether oxygens (including phenoxy) is 1. The van der Waals surface area contributed by atoms with Crippen molar-refractivity contribution in [3.05, 3.63) is 40.8 Å². The number of carbonyl (C=O) groups is 1. The number of hydrogen-bond acceptors (Lipinski definition) is 3. The molecule has 0 saturated heterocycles. The van der Waals surface area contributed by atoms with Crippen LogP contribution in [0.1, 0.15) is 26.3 Å². The number of aryl methyl sites for hydroxylation is 1. The number of rotatable bonds is 4. The molecular formula is C14H18O3S. The molecule has 3 nitrogen and oxygen atoms in total. The first-order valence-electron chi connectivity index (χ1n) is 5.77. The third-order valence-electron chi connectivity index (χ3n) is 2.48. The fraction of sp³-hybridized carbons (Fsp3) is 0.357. The fourth-order valence-electron chi connectivity index (χ4n) is 1.60. The van der Waals surface area contributed by atoms with Crippen molar-refractivity contribution in [1.82, 2.24) is 0 Å². The van der Waals surface area contributed by atoms with E-state index in [0.717, 1.165) is 5.56 Å². The molecule has 0 aliphatic heterocycles. The van der Waals surface area contributed by atoms with E-state index in [9.17, 15) is 9.00 Å². The van der Waals surface area contributed by atoms with Crippen molar-refractivity contribution in [3.63, 3.8) is 0 Å². The van der Waals surface area contributed by atoms with Gasteiger partial charge in [0.25, 0.3) is 0 Å². The highest BCUT2D eigenvalue weighted by Gasteiger charge is 2.18. The quantitative estimate of drug-likeness (QED) is 0.787. The molecule has 4 heteroatoms. The summed E-state index contributed by atoms with van der Waals surface area (Å²) in [5, 5.41) is 0. The first-order valence-corrected chi connectivity index (χ1v) is 6.92. The van der Waals surface area contributed by atoms with Crippen LogP contribution in [0.4, 0.5) is 0 Å². The Bertz CT molecular complexity index is 474. The van der Waals surface area contributed by atoms with Crippen LogP contribution in [0.5, 0.6) is 0 Å². The van der Waals surface area contributed by atoms with Crippen molar-refractivity contribution in [3.8, 4) is 0 Å². The Morgan fingerprint density at radius 2 is 1.89 bits per heavy atom. The molecule has 0 aromatic heterocycles. The molecule has 1 aromatic carbocycles. The van der Waals surface area contributed by atoms with Crippen molar-refractivity contribution in [2.45, 2.75) is 38.7 Å². The summed E-state index contributed by atoms with van der Waals surface area (Å²) >= 11 is 0. The molecule has 0 fully saturated rings. The summed E-state index contributed by atoms with van der Waals surface area (Å²) in [6, 6.07) is 7.49. The molecule has 0 aliphatic carbocycles. The first kappa shape index (κ1) is 14.6. The highest BCUT2D eigenvalue weighted by atomic mass is 32.2. The summed E-state index contributed by atoms with van der Waals surface area (Å²) in [5.74, 6) is -0.372. The minimum Gasteiger partial charge on any atom is -0.457 e. The highest BCUT2D eigenvalue weighted by molar-refractivity contribution is 7.89. The third kappa shape index (κ3) is 3.81. The number of benzene rings is 1. The molecule has 0 radical (unpaired) electrons. The van der Waals surface area contributed by atoms with Crippen LogP contribution < -0.4 is 0 Å². The topological polar surface area (TPSA) is 43.4 Å². The van der Waals surface area contributed by atoms with E-state index in [0.29, 0.717) is 9.80 Å². The lowest BCUT2D eigenvalue weighted by atomic mass is 10.2. The second-order valence-corrected chi connectivity index (χ2v) is 5.50. The maximum atomic E-state index is 12.4. The molecular weight excluding hydrogens is 248 g/mol. The van der Waals surface area contributed by atoms with Crippen LogP contribution in [-0.4, -0.2) is 16.3 Å². The van der Waals surface area contributed by atoms with E-state index in [1.54, 1.807) is 19.9 Å². The summed E-state index contributed by atoms with van der Waals surface area (Å²) in [7, 11) is -1.29. The molecule has 18 heavy (non-hydrogen) atoms. The second-order valence-electron chi connectivity index (χ2n) is 4.02. The first-order chi connectivity index (χ1) is 8.45. The van der Waals surface area contributed by atoms with Gasteiger partial charge in [-0.1, -0.05) is 23.8 Å². The molecule has 0 saturated carbocycles. The van der Waals surface area contributed by atoms with Gasteiger partial charge in [-0.2, -0.15) is 0 Å². The molecule has 0 bridgehead atoms. The monoisotopic (exact) mass is 266 g/mol. The lowest BCUT2D eigenvalue weighted by Gasteiger charge is -2.15. The molecule has 1 rings (SSSR count). The number of hydrogen-bond donors (Lipinski definition) is 0. The SMILES string of the molecule is C/C=C(/C(C)OC(C)=O)[S@@](=O)c1ccc(C)cc1. The van der Waals surface area contributed by atoms with Gasteiger partial charge in [0, 0.05) is 11.8 Å². The van der Waals surface area contributed by atoms with Gasteiger partial charge in [0.15, 0.2) is 0 Å². The standard InChI is InChI=1S/C14H18O3S/c1-5-14(11(3)17-12(4)15)18(16)13-8-6-10(2)7-9-13/h5-9,11H,1-4H3/b14-5-/t11?,18-/m0/s1. The fourth-order valence-corrected chi connectivity index (χ4v) is 2.82. The second kappa shape index (κ2) is 6.50. The van der Waals surface area contributed by atoms with Gasteiger partial charge in [-0.05, 0) is 32.9 Å². The van der Waals surface area contributed by atoms with E-state index >= 15 is 0 Å². The summed E-state index contributed by atoms with van der Waals surface area (Å²) in [4.78, 5) is 12.3. The smallest absolute Gasteiger partial charge is 0.303 e. The number of esters is 1. The van der Waals surface area contributed by atoms with E-state index in [4.69, 9.17) is 4.74 Å². The van der Waals surface area contributed by atoms with Gasteiger partial charge in [0.05, 0.1) is 15.7 Å². The van der Waals surface area contributed by atoms with Crippen molar-refractivity contribution < 1.29 is 13.7 Å². The predicted molar refractivity (Wildman–Crippen MR) is 72.6 cm³/mol. The molecule has 1 aromatic rings. The van der Waals surface area contributed by atoms with Crippen LogP contribution in [0.3, 0.4) is 0 Å². The van der Waals surface area contributed by atoms with Crippen LogP contribution in [-0.2, 0) is 20.3 Å². The molecule has 2 atom stereocenters. The predicted octanol–water partition coefficient (Wildman–Crippen LogP) is 2.96. The van der Waals surface area contributed by atoms with Gasteiger partial charge < -0.3 is 4.74 Å². The van der Waals surface area contributed by atoms with Crippen molar-refractivity contribution >= 4 is 16.8 Å². The summed E-state index contributed by atoms with van der Waals surface area (Å²) < 4.78 is 17.4. The maximum absolute atomic E-state index is 12.4. The number of allylic oxidation sites excluding steroid dienone is 1. The Kier molecular flexibility index (Phi) is 5.28. The summed E-state index contributed by atoms with van der Waals surface area (Å²) in [5.41, 5.74) is 1.12. The Morgan fingerprint density at radius 3 is 2.33 bits per heavy atom. The molecule has 1 unspecified atom stereocenters. The Hall–Kier alpha value is -1.42. The zero-order chi connectivity index (χ0) is 13.7. The largest absolute Gasteiger partial charge is 0.457 e. The minimum atomic E-state index is -1.29. The van der Waals surface area contributed by atoms with Crippen LogP contribution in [0.25, 0.3) is 0 Å². The number of carbonyl (C=O) groups excluding carboxylic acids is 1. The maximum Gasteiger partial charge on any atom is 0.303 e. The third-order valence-corrected chi connectivity index (χ3v) is 4.17. The van der Waals surface area contributed by atoms with Crippen LogP contribution in [0, 0.1) is 6.92 Å². The van der Waals surface area contributed by atoms with Crippen molar-refractivity contribution in [2.75, 3.05) is 0 Å². The zero-order valence-corrected chi connectivity index (χ0v) is 11.9. The summed E-state index contributed by atoms with van der Waals surface area (Å²) in [6.07, 6.45) is 1.26. The van der Waals surface area contributed by atoms with Crippen LogP contribution >= 0.6 is 0 Å². The van der Waals surface area contributed by atoms with E-state index < -0.39 is 16.9 Å². The van der Waals surface area contributed by atoms with Gasteiger partial charge >= 0.3 is 5.97 Å². The highest BCUT2D eigenvalue weighted by Crippen LogP contribution is 2.19. The molecule has 0 heterocycles. The average molecular weight is 266 g/mol. The van der Waals surface area contributed by atoms with Gasteiger partial charge in [-0.3, -0.25) is 4.79 Å². The van der Waals surface area contributed by atoms with Gasteiger partial charge in [-0.15, -0.1) is 0 Å². The summed E-state index contributed by atoms with van der Waals surface area (Å²) in [6.45, 7) is 6.84. The molecule has 0 amide bonds. The van der Waals surface area contributed by atoms with Gasteiger partial charge in [0.2, 0.25) is 0 Å². The minimum absolute atomic E-state index is 0.372. The van der Waals surface area contributed by atoms with E-state index in [1.165, 1.54) is 6.92 Å².